The molecule has 1 saturated carbocycles. The summed E-state index contributed by atoms with van der Waals surface area (Å²) < 4.78 is 29.2. The SMILES string of the molecule is CC1(C)C2OCCCC2C1(N)C(=O)Nc1cccc(S(C)(=O)=O)c1. The first-order chi connectivity index (χ1) is 11.1. The maximum Gasteiger partial charge on any atom is 0.245 e. The Bertz CT molecular complexity index is 775. The minimum Gasteiger partial charge on any atom is -0.377 e. The predicted molar refractivity (Wildman–Crippen MR) is 91.3 cm³/mol. The maximum atomic E-state index is 12.9. The lowest BCUT2D eigenvalue weighted by molar-refractivity contribution is -0.222. The zero-order valence-electron chi connectivity index (χ0n) is 14.2. The Balaban J connectivity index is 1.85. The second-order valence-electron chi connectivity index (χ2n) is 7.38. The molecule has 3 rings (SSSR count). The summed E-state index contributed by atoms with van der Waals surface area (Å²) in [6, 6.07) is 6.22. The van der Waals surface area contributed by atoms with E-state index in [9.17, 15) is 13.2 Å². The number of rotatable bonds is 3. The second kappa shape index (κ2) is 5.54. The summed E-state index contributed by atoms with van der Waals surface area (Å²) in [5, 5.41) is 2.80. The van der Waals surface area contributed by atoms with Gasteiger partial charge >= 0.3 is 0 Å². The highest BCUT2D eigenvalue weighted by molar-refractivity contribution is 7.90. The topological polar surface area (TPSA) is 98.5 Å². The van der Waals surface area contributed by atoms with Crippen molar-refractivity contribution in [2.24, 2.45) is 17.1 Å². The van der Waals surface area contributed by atoms with Gasteiger partial charge in [-0.25, -0.2) is 8.42 Å². The molecule has 1 saturated heterocycles. The van der Waals surface area contributed by atoms with Crippen LogP contribution in [0.2, 0.25) is 0 Å². The molecule has 1 aliphatic carbocycles. The normalized spacial score (nSPS) is 31.7. The lowest BCUT2D eigenvalue weighted by atomic mass is 9.46. The van der Waals surface area contributed by atoms with Crippen LogP contribution in [0.25, 0.3) is 0 Å². The highest BCUT2D eigenvalue weighted by atomic mass is 32.2. The van der Waals surface area contributed by atoms with Gasteiger partial charge in [0.05, 0.1) is 11.0 Å². The first kappa shape index (κ1) is 17.4. The molecule has 1 aromatic rings. The van der Waals surface area contributed by atoms with E-state index in [0.717, 1.165) is 19.1 Å². The second-order valence-corrected chi connectivity index (χ2v) is 9.40. The quantitative estimate of drug-likeness (QED) is 0.860. The minimum atomic E-state index is -3.33. The Hall–Kier alpha value is -1.44. The molecule has 1 aliphatic heterocycles. The van der Waals surface area contributed by atoms with E-state index in [4.69, 9.17) is 10.5 Å². The molecule has 1 aromatic carbocycles. The fraction of sp³-hybridized carbons (Fsp3) is 0.588. The number of anilines is 1. The smallest absolute Gasteiger partial charge is 0.245 e. The van der Waals surface area contributed by atoms with E-state index < -0.39 is 20.8 Å². The highest BCUT2D eigenvalue weighted by Crippen LogP contribution is 2.57. The van der Waals surface area contributed by atoms with Gasteiger partial charge in [-0.05, 0) is 31.0 Å². The van der Waals surface area contributed by atoms with Crippen molar-refractivity contribution < 1.29 is 17.9 Å². The van der Waals surface area contributed by atoms with E-state index in [1.807, 2.05) is 13.8 Å². The van der Waals surface area contributed by atoms with Crippen LogP contribution >= 0.6 is 0 Å². The summed E-state index contributed by atoms with van der Waals surface area (Å²) in [5.41, 5.74) is 5.47. The van der Waals surface area contributed by atoms with Gasteiger partial charge in [0.25, 0.3) is 0 Å². The number of nitrogens with one attached hydrogen (secondary N) is 1. The number of hydrogen-bond acceptors (Lipinski definition) is 5. The van der Waals surface area contributed by atoms with Gasteiger partial charge in [-0.2, -0.15) is 0 Å². The molecule has 0 aromatic heterocycles. The molecule has 132 valence electrons. The van der Waals surface area contributed by atoms with E-state index in [1.165, 1.54) is 12.1 Å². The average molecular weight is 352 g/mol. The highest BCUT2D eigenvalue weighted by Gasteiger charge is 2.70. The summed E-state index contributed by atoms with van der Waals surface area (Å²) in [4.78, 5) is 13.1. The first-order valence-electron chi connectivity index (χ1n) is 8.10. The summed E-state index contributed by atoms with van der Waals surface area (Å²) in [7, 11) is -3.33. The van der Waals surface area contributed by atoms with Gasteiger partial charge in [0, 0.05) is 29.9 Å². The number of carbonyl (C=O) groups excluding carboxylic acids is 1. The predicted octanol–water partition coefficient (Wildman–Crippen LogP) is 1.56. The van der Waals surface area contributed by atoms with Crippen LogP contribution in [0.3, 0.4) is 0 Å². The van der Waals surface area contributed by atoms with Crippen molar-refractivity contribution in [2.75, 3.05) is 18.2 Å². The summed E-state index contributed by atoms with van der Waals surface area (Å²) in [6.07, 6.45) is 2.88. The molecule has 1 heterocycles. The molecule has 7 heteroatoms. The Labute approximate surface area is 142 Å². The average Bonchev–Trinajstić information content (AvgIpc) is 2.53. The molecular weight excluding hydrogens is 328 g/mol. The molecule has 0 spiro atoms. The van der Waals surface area contributed by atoms with Crippen molar-refractivity contribution in [2.45, 2.75) is 43.2 Å². The molecule has 0 bridgehead atoms. The maximum absolute atomic E-state index is 12.9. The van der Waals surface area contributed by atoms with Gasteiger partial charge in [-0.3, -0.25) is 4.79 Å². The number of nitrogens with two attached hydrogens (primary N) is 1. The minimum absolute atomic E-state index is 0.00986. The Kier molecular flexibility index (Phi) is 4.01. The summed E-state index contributed by atoms with van der Waals surface area (Å²) in [5.74, 6) is -0.302. The zero-order chi connectivity index (χ0) is 17.8. The molecule has 3 atom stereocenters. The van der Waals surface area contributed by atoms with Gasteiger partial charge in [-0.15, -0.1) is 0 Å². The Morgan fingerprint density at radius 3 is 2.75 bits per heavy atom. The lowest BCUT2D eigenvalue weighted by Crippen LogP contribution is -2.81. The van der Waals surface area contributed by atoms with Gasteiger partial charge < -0.3 is 15.8 Å². The molecule has 3 unspecified atom stereocenters. The van der Waals surface area contributed by atoms with E-state index in [0.29, 0.717) is 12.3 Å². The van der Waals surface area contributed by atoms with E-state index in [2.05, 4.69) is 5.32 Å². The van der Waals surface area contributed by atoms with Crippen LogP contribution in [-0.4, -0.2) is 38.8 Å². The van der Waals surface area contributed by atoms with Crippen LogP contribution in [0.4, 0.5) is 5.69 Å². The van der Waals surface area contributed by atoms with Gasteiger partial charge in [0.2, 0.25) is 5.91 Å². The largest absolute Gasteiger partial charge is 0.377 e. The van der Waals surface area contributed by atoms with Crippen molar-refractivity contribution in [3.05, 3.63) is 24.3 Å². The number of ether oxygens (including phenoxy) is 1. The zero-order valence-corrected chi connectivity index (χ0v) is 15.0. The first-order valence-corrected chi connectivity index (χ1v) is 9.99. The number of amides is 1. The molecular formula is C17H24N2O4S. The fourth-order valence-corrected chi connectivity index (χ4v) is 4.74. The van der Waals surface area contributed by atoms with Crippen molar-refractivity contribution >= 4 is 21.4 Å². The van der Waals surface area contributed by atoms with Crippen molar-refractivity contribution in [3.63, 3.8) is 0 Å². The number of fused-ring (bicyclic) bond motifs is 1. The van der Waals surface area contributed by atoms with Gasteiger partial charge in [0.1, 0.15) is 5.54 Å². The number of benzene rings is 1. The van der Waals surface area contributed by atoms with Crippen molar-refractivity contribution in [1.82, 2.24) is 0 Å². The molecule has 2 aliphatic rings. The van der Waals surface area contributed by atoms with Crippen LogP contribution in [0.15, 0.2) is 29.2 Å². The third-order valence-electron chi connectivity index (χ3n) is 5.58. The molecule has 24 heavy (non-hydrogen) atoms. The van der Waals surface area contributed by atoms with Crippen molar-refractivity contribution in [3.8, 4) is 0 Å². The van der Waals surface area contributed by atoms with E-state index >= 15 is 0 Å². The molecule has 3 N–H and O–H groups in total. The van der Waals surface area contributed by atoms with Crippen LogP contribution in [0.1, 0.15) is 26.7 Å². The van der Waals surface area contributed by atoms with Crippen LogP contribution in [0, 0.1) is 11.3 Å². The third kappa shape index (κ3) is 2.46. The van der Waals surface area contributed by atoms with Gasteiger partial charge in [0.15, 0.2) is 9.84 Å². The summed E-state index contributed by atoms with van der Waals surface area (Å²) >= 11 is 0. The van der Waals surface area contributed by atoms with E-state index in [-0.39, 0.29) is 22.8 Å². The monoisotopic (exact) mass is 352 g/mol. The van der Waals surface area contributed by atoms with Crippen LogP contribution in [-0.2, 0) is 19.4 Å². The molecule has 0 radical (unpaired) electrons. The Morgan fingerprint density at radius 2 is 2.08 bits per heavy atom. The fourth-order valence-electron chi connectivity index (χ4n) is 4.08. The standard InChI is InChI=1S/C17H24N2O4S/c1-16(2)14-13(8-5-9-23-14)17(16,18)15(20)19-11-6-4-7-12(10-11)24(3,21)22/h4,6-7,10,13-14H,5,8-9,18H2,1-3H3,(H,19,20). The number of carbonyl (C=O) groups is 1. The Morgan fingerprint density at radius 1 is 1.38 bits per heavy atom. The van der Waals surface area contributed by atoms with Crippen LogP contribution in [0.5, 0.6) is 0 Å². The molecule has 1 amide bonds. The van der Waals surface area contributed by atoms with Gasteiger partial charge in [-0.1, -0.05) is 19.9 Å². The summed E-state index contributed by atoms with van der Waals surface area (Å²) in [6.45, 7) is 4.61. The van der Waals surface area contributed by atoms with Crippen molar-refractivity contribution in [1.29, 1.82) is 0 Å². The number of hydrogen-bond donors (Lipinski definition) is 2. The third-order valence-corrected chi connectivity index (χ3v) is 6.69. The molecule has 2 fully saturated rings. The van der Waals surface area contributed by atoms with Crippen LogP contribution < -0.4 is 11.1 Å². The lowest BCUT2D eigenvalue weighted by Gasteiger charge is -2.65. The number of sulfone groups is 1. The molecule has 6 nitrogen and oxygen atoms in total. The van der Waals surface area contributed by atoms with E-state index in [1.54, 1.807) is 12.1 Å².